The third-order valence-corrected chi connectivity index (χ3v) is 5.57. The monoisotopic (exact) mass is 478 g/mol. The van der Waals surface area contributed by atoms with Gasteiger partial charge in [-0.1, -0.05) is 59.3 Å². The van der Waals surface area contributed by atoms with Crippen molar-refractivity contribution in [2.75, 3.05) is 7.11 Å². The molecule has 0 amide bonds. The fourth-order valence-corrected chi connectivity index (χ4v) is 3.65. The highest BCUT2D eigenvalue weighted by Crippen LogP contribution is 2.46. The van der Waals surface area contributed by atoms with Gasteiger partial charge in [-0.25, -0.2) is 4.79 Å². The van der Waals surface area contributed by atoms with E-state index in [1.54, 1.807) is 0 Å². The van der Waals surface area contributed by atoms with Gasteiger partial charge in [0.1, 0.15) is 0 Å². The molecule has 0 aliphatic heterocycles. The topological polar surface area (TPSA) is 127 Å². The summed E-state index contributed by atoms with van der Waals surface area (Å²) in [6, 6.07) is 0. The molecular formula is C26H38O8. The van der Waals surface area contributed by atoms with E-state index in [0.717, 1.165) is 45.6 Å². The van der Waals surface area contributed by atoms with Gasteiger partial charge in [-0.3, -0.25) is 14.4 Å². The first-order chi connectivity index (χ1) is 16.2. The van der Waals surface area contributed by atoms with E-state index < -0.39 is 57.4 Å². The van der Waals surface area contributed by atoms with Gasteiger partial charge in [0.15, 0.2) is 23.1 Å². The van der Waals surface area contributed by atoms with Crippen LogP contribution in [0, 0.1) is 0 Å². The number of unbranched alkanes of at least 4 members (excludes halogenated alkanes) is 6. The number of ether oxygens (including phenoxy) is 2. The lowest BCUT2D eigenvalue weighted by Crippen LogP contribution is -2.20. The number of ketones is 2. The van der Waals surface area contributed by atoms with Crippen LogP contribution < -0.4 is 4.74 Å². The van der Waals surface area contributed by atoms with Crippen LogP contribution in [0.3, 0.4) is 0 Å². The molecule has 0 fully saturated rings. The van der Waals surface area contributed by atoms with E-state index in [0.29, 0.717) is 19.3 Å². The van der Waals surface area contributed by atoms with Crippen molar-refractivity contribution >= 4 is 23.5 Å². The van der Waals surface area contributed by atoms with Crippen molar-refractivity contribution < 1.29 is 38.9 Å². The first-order valence-electron chi connectivity index (χ1n) is 12.2. The Morgan fingerprint density at radius 2 is 1.12 bits per heavy atom. The summed E-state index contributed by atoms with van der Waals surface area (Å²) in [5.74, 6) is -5.35. The van der Waals surface area contributed by atoms with Gasteiger partial charge in [0.25, 0.3) is 0 Å². The summed E-state index contributed by atoms with van der Waals surface area (Å²) < 4.78 is 10.1. The van der Waals surface area contributed by atoms with Crippen LogP contribution in [0.2, 0.25) is 0 Å². The van der Waals surface area contributed by atoms with Gasteiger partial charge < -0.3 is 19.7 Å². The Morgan fingerprint density at radius 1 is 0.647 bits per heavy atom. The number of esters is 2. The highest BCUT2D eigenvalue weighted by Gasteiger charge is 2.35. The fourth-order valence-electron chi connectivity index (χ4n) is 3.65. The Labute approximate surface area is 201 Å². The molecule has 0 saturated heterocycles. The Hall–Kier alpha value is -2.90. The van der Waals surface area contributed by atoms with E-state index >= 15 is 0 Å². The van der Waals surface area contributed by atoms with Crippen LogP contribution in [0.4, 0.5) is 0 Å². The maximum atomic E-state index is 13.2. The zero-order chi connectivity index (χ0) is 25.7. The third kappa shape index (κ3) is 7.85. The molecule has 34 heavy (non-hydrogen) atoms. The number of Topliss-reactive ketones (excluding diaryl/α,β-unsaturated/α-hetero) is 2. The summed E-state index contributed by atoms with van der Waals surface area (Å²) in [6.07, 6.45) is 6.45. The molecule has 0 spiro atoms. The van der Waals surface area contributed by atoms with Gasteiger partial charge in [0.05, 0.1) is 23.8 Å². The summed E-state index contributed by atoms with van der Waals surface area (Å²) >= 11 is 0. The maximum Gasteiger partial charge on any atom is 0.339 e. The van der Waals surface area contributed by atoms with Crippen molar-refractivity contribution in [1.29, 1.82) is 0 Å². The lowest BCUT2D eigenvalue weighted by molar-refractivity contribution is -0.134. The lowest BCUT2D eigenvalue weighted by Gasteiger charge is -2.19. The SMILES string of the molecule is CCCCCC(=O)Oc1c(O)c(O)c(C(=O)CCCCC)c(C(=O)OC)c1C(=O)CCCCC. The number of benzene rings is 1. The standard InChI is InChI=1S/C26H38O8/c1-5-8-11-14-17(27)20-22(26(32)33-4)21(18(28)15-12-9-6-2)25(24(31)23(20)30)34-19(29)16-13-10-7-3/h30-31H,5-16H2,1-4H3. The van der Waals surface area contributed by atoms with Crippen molar-refractivity contribution in [3.05, 3.63) is 16.7 Å². The molecule has 0 atom stereocenters. The van der Waals surface area contributed by atoms with Crippen LogP contribution in [-0.4, -0.2) is 40.8 Å². The van der Waals surface area contributed by atoms with E-state index in [1.807, 2.05) is 20.8 Å². The van der Waals surface area contributed by atoms with E-state index in [4.69, 9.17) is 9.47 Å². The summed E-state index contributed by atoms with van der Waals surface area (Å²) in [7, 11) is 1.08. The van der Waals surface area contributed by atoms with Gasteiger partial charge >= 0.3 is 11.9 Å². The van der Waals surface area contributed by atoms with Crippen molar-refractivity contribution in [3.8, 4) is 17.2 Å². The normalized spacial score (nSPS) is 10.7. The molecule has 190 valence electrons. The van der Waals surface area contributed by atoms with Crippen LogP contribution in [0.15, 0.2) is 0 Å². The number of rotatable bonds is 16. The Bertz CT molecular complexity index is 872. The quantitative estimate of drug-likeness (QED) is 0.0989. The minimum absolute atomic E-state index is 0.00442. The van der Waals surface area contributed by atoms with E-state index in [2.05, 4.69) is 0 Å². The number of phenols is 2. The predicted octanol–water partition coefficient (Wildman–Crippen LogP) is 5.90. The Morgan fingerprint density at radius 3 is 1.59 bits per heavy atom. The minimum atomic E-state index is -1.03. The van der Waals surface area contributed by atoms with Gasteiger partial charge in [-0.2, -0.15) is 0 Å². The molecule has 0 saturated carbocycles. The molecule has 0 aliphatic rings. The number of phenolic OH excluding ortho intramolecular Hbond substituents is 2. The van der Waals surface area contributed by atoms with E-state index in [-0.39, 0.29) is 19.3 Å². The molecule has 1 rings (SSSR count). The average Bonchev–Trinajstić information content (AvgIpc) is 2.81. The Kier molecular flexibility index (Phi) is 12.9. The smallest absolute Gasteiger partial charge is 0.339 e. The number of hydrogen-bond donors (Lipinski definition) is 2. The van der Waals surface area contributed by atoms with Crippen molar-refractivity contribution in [3.63, 3.8) is 0 Å². The van der Waals surface area contributed by atoms with Crippen molar-refractivity contribution in [2.45, 2.75) is 97.8 Å². The van der Waals surface area contributed by atoms with Crippen LogP contribution >= 0.6 is 0 Å². The zero-order valence-corrected chi connectivity index (χ0v) is 20.8. The first kappa shape index (κ1) is 29.1. The molecule has 0 radical (unpaired) electrons. The van der Waals surface area contributed by atoms with Crippen LogP contribution in [0.5, 0.6) is 17.2 Å². The molecule has 0 heterocycles. The van der Waals surface area contributed by atoms with Crippen LogP contribution in [0.25, 0.3) is 0 Å². The lowest BCUT2D eigenvalue weighted by atomic mass is 9.89. The van der Waals surface area contributed by atoms with Gasteiger partial charge in [-0.05, 0) is 19.3 Å². The molecule has 0 aliphatic carbocycles. The predicted molar refractivity (Wildman–Crippen MR) is 128 cm³/mol. The molecular weight excluding hydrogens is 440 g/mol. The van der Waals surface area contributed by atoms with Crippen LogP contribution in [0.1, 0.15) is 129 Å². The molecule has 8 heteroatoms. The molecule has 0 bridgehead atoms. The van der Waals surface area contributed by atoms with Gasteiger partial charge in [-0.15, -0.1) is 0 Å². The molecule has 8 nitrogen and oxygen atoms in total. The second-order valence-corrected chi connectivity index (χ2v) is 8.33. The molecule has 1 aromatic rings. The van der Waals surface area contributed by atoms with Gasteiger partial charge in [0.2, 0.25) is 5.75 Å². The minimum Gasteiger partial charge on any atom is -0.504 e. The first-order valence-corrected chi connectivity index (χ1v) is 12.2. The highest BCUT2D eigenvalue weighted by atomic mass is 16.5. The highest BCUT2D eigenvalue weighted by molar-refractivity contribution is 6.17. The number of methoxy groups -OCH3 is 1. The second-order valence-electron chi connectivity index (χ2n) is 8.33. The molecule has 0 unspecified atom stereocenters. The van der Waals surface area contributed by atoms with Crippen molar-refractivity contribution in [1.82, 2.24) is 0 Å². The summed E-state index contributed by atoms with van der Waals surface area (Å²) in [6.45, 7) is 5.90. The fraction of sp³-hybridized carbons (Fsp3) is 0.615. The maximum absolute atomic E-state index is 13.2. The number of carbonyl (C=O) groups excluding carboxylic acids is 4. The third-order valence-electron chi connectivity index (χ3n) is 5.57. The number of hydrogen-bond acceptors (Lipinski definition) is 8. The second kappa shape index (κ2) is 15.1. The van der Waals surface area contributed by atoms with E-state index in [9.17, 15) is 29.4 Å². The van der Waals surface area contributed by atoms with Crippen molar-refractivity contribution in [2.24, 2.45) is 0 Å². The van der Waals surface area contributed by atoms with E-state index in [1.165, 1.54) is 0 Å². The zero-order valence-electron chi connectivity index (χ0n) is 20.8. The Balaban J connectivity index is 3.69. The molecule has 0 aromatic heterocycles. The van der Waals surface area contributed by atoms with Crippen LogP contribution in [-0.2, 0) is 9.53 Å². The summed E-state index contributed by atoms with van der Waals surface area (Å²) in [5, 5.41) is 21.4. The largest absolute Gasteiger partial charge is 0.504 e. The summed E-state index contributed by atoms with van der Waals surface area (Å²) in [5.41, 5.74) is -1.36. The van der Waals surface area contributed by atoms with Gasteiger partial charge in [0, 0.05) is 19.3 Å². The molecule has 1 aromatic carbocycles. The number of aromatic hydroxyl groups is 2. The summed E-state index contributed by atoms with van der Waals surface area (Å²) in [4.78, 5) is 51.4. The molecule has 2 N–H and O–H groups in total. The average molecular weight is 479 g/mol. The number of carbonyl (C=O) groups is 4.